The molecule has 1 amide bonds. The van der Waals surface area contributed by atoms with Crippen LogP contribution in [0.25, 0.3) is 0 Å². The molecule has 2 unspecified atom stereocenters. The zero-order valence-corrected chi connectivity index (χ0v) is 18.3. The van der Waals surface area contributed by atoms with Gasteiger partial charge >= 0.3 is 0 Å². The van der Waals surface area contributed by atoms with E-state index in [1.165, 1.54) is 16.4 Å². The van der Waals surface area contributed by atoms with Crippen LogP contribution in [0, 0.1) is 11.3 Å². The van der Waals surface area contributed by atoms with E-state index >= 15 is 0 Å². The highest BCUT2D eigenvalue weighted by molar-refractivity contribution is 7.89. The van der Waals surface area contributed by atoms with E-state index in [0.29, 0.717) is 30.9 Å². The zero-order valence-electron chi connectivity index (χ0n) is 17.4. The second-order valence-electron chi connectivity index (χ2n) is 7.42. The van der Waals surface area contributed by atoms with E-state index in [0.717, 1.165) is 5.56 Å². The quantitative estimate of drug-likeness (QED) is 0.705. The Morgan fingerprint density at radius 1 is 1.13 bits per heavy atom. The third-order valence-electron chi connectivity index (χ3n) is 4.74. The fraction of sp³-hybridized carbons (Fsp3) is 0.364. The first kappa shape index (κ1) is 22.7. The number of amides is 1. The molecule has 1 aliphatic rings. The number of carbonyl (C=O) groups is 1. The topological polar surface area (TPSA) is 109 Å². The highest BCUT2D eigenvalue weighted by Gasteiger charge is 2.32. The van der Waals surface area contributed by atoms with Crippen molar-refractivity contribution in [3.8, 4) is 11.8 Å². The molecule has 0 radical (unpaired) electrons. The van der Waals surface area contributed by atoms with Gasteiger partial charge in [-0.15, -0.1) is 0 Å². The minimum Gasteiger partial charge on any atom is -0.484 e. The first-order valence-electron chi connectivity index (χ1n) is 9.92. The van der Waals surface area contributed by atoms with Crippen LogP contribution in [0.4, 0.5) is 5.69 Å². The Morgan fingerprint density at radius 3 is 2.32 bits per heavy atom. The van der Waals surface area contributed by atoms with E-state index < -0.39 is 10.0 Å². The minimum absolute atomic E-state index is 0.167. The van der Waals surface area contributed by atoms with E-state index in [1.807, 2.05) is 13.8 Å². The number of nitriles is 1. The fourth-order valence-corrected chi connectivity index (χ4v) is 4.92. The Kier molecular flexibility index (Phi) is 7.28. The molecule has 2 atom stereocenters. The van der Waals surface area contributed by atoms with Crippen LogP contribution in [0.5, 0.6) is 5.75 Å². The summed E-state index contributed by atoms with van der Waals surface area (Å²) in [5.41, 5.74) is 1.34. The molecule has 1 saturated heterocycles. The van der Waals surface area contributed by atoms with Gasteiger partial charge in [0.05, 0.1) is 29.6 Å². The van der Waals surface area contributed by atoms with Crippen LogP contribution in [-0.4, -0.2) is 50.5 Å². The van der Waals surface area contributed by atoms with Gasteiger partial charge in [0.1, 0.15) is 5.75 Å². The molecule has 164 valence electrons. The maximum Gasteiger partial charge on any atom is 0.262 e. The van der Waals surface area contributed by atoms with Crippen LogP contribution in [-0.2, 0) is 26.0 Å². The van der Waals surface area contributed by atoms with Crippen LogP contribution in [0.3, 0.4) is 0 Å². The third-order valence-corrected chi connectivity index (χ3v) is 6.58. The summed E-state index contributed by atoms with van der Waals surface area (Å²) in [7, 11) is -3.63. The second kappa shape index (κ2) is 9.92. The number of sulfonamides is 1. The maximum absolute atomic E-state index is 12.9. The van der Waals surface area contributed by atoms with E-state index in [4.69, 9.17) is 14.7 Å². The highest BCUT2D eigenvalue weighted by Crippen LogP contribution is 2.22. The fourth-order valence-electron chi connectivity index (χ4n) is 3.33. The smallest absolute Gasteiger partial charge is 0.262 e. The lowest BCUT2D eigenvalue weighted by atomic mass is 10.2. The van der Waals surface area contributed by atoms with Gasteiger partial charge in [-0.2, -0.15) is 9.57 Å². The Labute approximate surface area is 182 Å². The number of hydrogen-bond acceptors (Lipinski definition) is 6. The summed E-state index contributed by atoms with van der Waals surface area (Å²) >= 11 is 0. The molecule has 1 aliphatic heterocycles. The molecule has 31 heavy (non-hydrogen) atoms. The van der Waals surface area contributed by atoms with Gasteiger partial charge in [-0.25, -0.2) is 8.42 Å². The molecule has 1 N–H and O–H groups in total. The number of ether oxygens (including phenoxy) is 2. The van der Waals surface area contributed by atoms with Crippen LogP contribution in [0.15, 0.2) is 53.4 Å². The Bertz CT molecular complexity index is 1040. The number of hydrogen-bond donors (Lipinski definition) is 1. The normalized spacial score (nSPS) is 19.4. The average Bonchev–Trinajstić information content (AvgIpc) is 2.73. The van der Waals surface area contributed by atoms with Gasteiger partial charge < -0.3 is 14.8 Å². The Balaban J connectivity index is 1.56. The summed E-state index contributed by atoms with van der Waals surface area (Å²) in [6.45, 7) is 4.11. The van der Waals surface area contributed by atoms with Gasteiger partial charge in [0.25, 0.3) is 5.91 Å². The molecule has 1 heterocycles. The van der Waals surface area contributed by atoms with E-state index in [1.54, 1.807) is 36.4 Å². The van der Waals surface area contributed by atoms with Crippen molar-refractivity contribution in [1.29, 1.82) is 5.26 Å². The number of morpholine rings is 1. The van der Waals surface area contributed by atoms with Gasteiger partial charge in [0.2, 0.25) is 10.0 Å². The number of carbonyl (C=O) groups excluding carboxylic acids is 1. The third kappa shape index (κ3) is 6.04. The summed E-state index contributed by atoms with van der Waals surface area (Å²) < 4.78 is 38.2. The van der Waals surface area contributed by atoms with Crippen LogP contribution in [0.2, 0.25) is 0 Å². The Morgan fingerprint density at radius 2 is 1.74 bits per heavy atom. The van der Waals surface area contributed by atoms with E-state index in [2.05, 4.69) is 11.4 Å². The number of nitrogens with zero attached hydrogens (tertiary/aromatic N) is 2. The number of benzene rings is 2. The number of rotatable bonds is 7. The van der Waals surface area contributed by atoms with Crippen LogP contribution in [0.1, 0.15) is 19.4 Å². The van der Waals surface area contributed by atoms with Gasteiger partial charge in [-0.1, -0.05) is 12.1 Å². The molecule has 2 aromatic carbocycles. The average molecular weight is 444 g/mol. The largest absolute Gasteiger partial charge is 0.484 e. The highest BCUT2D eigenvalue weighted by atomic mass is 32.2. The minimum atomic E-state index is -3.63. The first-order chi connectivity index (χ1) is 14.8. The van der Waals surface area contributed by atoms with Gasteiger partial charge in [-0.05, 0) is 55.8 Å². The van der Waals surface area contributed by atoms with Crippen molar-refractivity contribution in [3.05, 3.63) is 54.1 Å². The van der Waals surface area contributed by atoms with Crippen LogP contribution >= 0.6 is 0 Å². The molecule has 3 rings (SSSR count). The van der Waals surface area contributed by atoms with Gasteiger partial charge in [0, 0.05) is 18.8 Å². The van der Waals surface area contributed by atoms with E-state index in [-0.39, 0.29) is 29.6 Å². The SMILES string of the molecule is CC1CN(S(=O)(=O)c2ccc(NC(=O)COc3ccc(CC#N)cc3)cc2)CC(C)O1. The second-order valence-corrected chi connectivity index (χ2v) is 9.36. The standard InChI is InChI=1S/C22H25N3O5S/c1-16-13-25(14-17(2)30-16)31(27,28)21-9-5-19(6-10-21)24-22(26)15-29-20-7-3-18(4-8-20)11-12-23/h3-10,16-17H,11,13-15H2,1-2H3,(H,24,26). The summed E-state index contributed by atoms with van der Waals surface area (Å²) in [6, 6.07) is 15.1. The molecule has 0 spiro atoms. The molecule has 0 aromatic heterocycles. The molecule has 0 bridgehead atoms. The van der Waals surface area contributed by atoms with Crippen LogP contribution < -0.4 is 10.1 Å². The predicted octanol–water partition coefficient (Wildman–Crippen LogP) is 2.57. The zero-order chi connectivity index (χ0) is 22.4. The monoisotopic (exact) mass is 443 g/mol. The molecular weight excluding hydrogens is 418 g/mol. The van der Waals surface area contributed by atoms with Crippen molar-refractivity contribution in [2.45, 2.75) is 37.4 Å². The molecule has 1 fully saturated rings. The summed E-state index contributed by atoms with van der Waals surface area (Å²) in [6.07, 6.45) is -0.0185. The lowest BCUT2D eigenvalue weighted by Crippen LogP contribution is -2.48. The van der Waals surface area contributed by atoms with Crippen molar-refractivity contribution in [2.75, 3.05) is 25.0 Å². The van der Waals surface area contributed by atoms with Crippen molar-refractivity contribution < 1.29 is 22.7 Å². The molecule has 2 aromatic rings. The van der Waals surface area contributed by atoms with E-state index in [9.17, 15) is 13.2 Å². The molecule has 0 aliphatic carbocycles. The maximum atomic E-state index is 12.9. The lowest BCUT2D eigenvalue weighted by Gasteiger charge is -2.34. The molecule has 9 heteroatoms. The van der Waals surface area contributed by atoms with Gasteiger partial charge in [-0.3, -0.25) is 4.79 Å². The first-order valence-corrected chi connectivity index (χ1v) is 11.4. The van der Waals surface area contributed by atoms with Crippen molar-refractivity contribution in [1.82, 2.24) is 4.31 Å². The Hall–Kier alpha value is -2.93. The number of anilines is 1. The lowest BCUT2D eigenvalue weighted by molar-refractivity contribution is -0.118. The summed E-state index contributed by atoms with van der Waals surface area (Å²) in [5, 5.41) is 11.4. The predicted molar refractivity (Wildman–Crippen MR) is 115 cm³/mol. The van der Waals surface area contributed by atoms with Crippen molar-refractivity contribution in [3.63, 3.8) is 0 Å². The van der Waals surface area contributed by atoms with Gasteiger partial charge in [0.15, 0.2) is 6.61 Å². The number of nitrogens with one attached hydrogen (secondary N) is 1. The summed E-state index contributed by atoms with van der Waals surface area (Å²) in [5.74, 6) is 0.153. The molecule has 0 saturated carbocycles. The molecular formula is C22H25N3O5S. The molecule has 8 nitrogen and oxygen atoms in total. The van der Waals surface area contributed by atoms with Crippen molar-refractivity contribution >= 4 is 21.6 Å². The summed E-state index contributed by atoms with van der Waals surface area (Å²) in [4.78, 5) is 12.3. The van der Waals surface area contributed by atoms with Crippen molar-refractivity contribution in [2.24, 2.45) is 0 Å².